The Morgan fingerprint density at radius 3 is 0.692 bits per heavy atom. The highest BCUT2D eigenvalue weighted by Gasteiger charge is 2.18. The minimum absolute atomic E-state index is 0.0703. The molecule has 0 aromatic carbocycles. The number of aliphatic carboxylic acids is 7. The van der Waals surface area contributed by atoms with E-state index in [1.54, 1.807) is 0 Å². The van der Waals surface area contributed by atoms with Gasteiger partial charge in [-0.3, -0.25) is 53.2 Å². The van der Waals surface area contributed by atoms with Gasteiger partial charge in [-0.05, 0) is 0 Å². The number of aliphatic hydroxyl groups excluding tert-OH is 1. The number of nitrogens with zero attached hydrogens (tertiary/aromatic N) is 4. The van der Waals surface area contributed by atoms with Crippen molar-refractivity contribution in [2.24, 2.45) is 0 Å². The van der Waals surface area contributed by atoms with Crippen LogP contribution in [-0.4, -0.2) is 187 Å². The quantitative estimate of drug-likeness (QED) is 0.0611. The summed E-state index contributed by atoms with van der Waals surface area (Å²) in [5.41, 5.74) is 0. The first-order chi connectivity index (χ1) is 18.0. The zero-order chi connectivity index (χ0) is 30.5. The molecule has 0 bridgehead atoms. The monoisotopic (exact) mass is 570 g/mol. The molecule has 0 saturated carbocycles. The van der Waals surface area contributed by atoms with Gasteiger partial charge in [0.05, 0.1) is 52.4 Å². The van der Waals surface area contributed by atoms with Gasteiger partial charge in [0.25, 0.3) is 0 Å². The third-order valence-electron chi connectivity index (χ3n) is 4.39. The molecule has 0 aromatic heterocycles. The van der Waals surface area contributed by atoms with E-state index in [4.69, 9.17) is 40.9 Å². The second-order valence-corrected chi connectivity index (χ2v) is 7.89. The summed E-state index contributed by atoms with van der Waals surface area (Å²) in [4.78, 5) is 78.6. The van der Waals surface area contributed by atoms with Gasteiger partial charge < -0.3 is 40.9 Å². The summed E-state index contributed by atoms with van der Waals surface area (Å²) in [6, 6.07) is 0. The Labute approximate surface area is 221 Å². The summed E-state index contributed by atoms with van der Waals surface area (Å²) in [7, 11) is 0. The van der Waals surface area contributed by atoms with Crippen LogP contribution in [0.3, 0.4) is 0 Å². The van der Waals surface area contributed by atoms with Crippen LogP contribution in [0, 0.1) is 0 Å². The van der Waals surface area contributed by atoms with Crippen LogP contribution in [0.2, 0.25) is 0 Å². The van der Waals surface area contributed by atoms with Crippen LogP contribution in [0.1, 0.15) is 0 Å². The first-order valence-corrected chi connectivity index (χ1v) is 11.1. The Bertz CT molecular complexity index is 754. The average Bonchev–Trinajstić information content (AvgIpc) is 2.73. The topological polar surface area (TPSA) is 294 Å². The number of carbonyl (C=O) groups is 7. The van der Waals surface area contributed by atoms with Crippen LogP contribution >= 0.6 is 0 Å². The summed E-state index contributed by atoms with van der Waals surface area (Å²) < 4.78 is 0. The molecule has 39 heavy (non-hydrogen) atoms. The Hall–Kier alpha value is -3.91. The molecular formula is C20H34N4O15. The first-order valence-electron chi connectivity index (χ1n) is 11.1. The van der Waals surface area contributed by atoms with Crippen LogP contribution in [0.25, 0.3) is 0 Å². The van der Waals surface area contributed by atoms with E-state index >= 15 is 0 Å². The van der Waals surface area contributed by atoms with Crippen LogP contribution in [0.5, 0.6) is 0 Å². The lowest BCUT2D eigenvalue weighted by atomic mass is 10.4. The van der Waals surface area contributed by atoms with Crippen LogP contribution in [0.15, 0.2) is 0 Å². The predicted octanol–water partition coefficient (Wildman–Crippen LogP) is -4.23. The van der Waals surface area contributed by atoms with Gasteiger partial charge in [0.15, 0.2) is 0 Å². The second kappa shape index (κ2) is 21.1. The Balaban J connectivity index is 0. The van der Waals surface area contributed by atoms with Gasteiger partial charge in [-0.25, -0.2) is 0 Å². The van der Waals surface area contributed by atoms with E-state index in [9.17, 15) is 33.6 Å². The van der Waals surface area contributed by atoms with Crippen LogP contribution < -0.4 is 0 Å². The fourth-order valence-electron chi connectivity index (χ4n) is 2.96. The van der Waals surface area contributed by atoms with Crippen LogP contribution in [-0.2, 0) is 33.6 Å². The van der Waals surface area contributed by atoms with Gasteiger partial charge in [-0.2, -0.15) is 0 Å². The fraction of sp³-hybridized carbons (Fsp3) is 0.650. The molecule has 0 spiro atoms. The van der Waals surface area contributed by atoms with E-state index in [1.807, 2.05) is 0 Å². The van der Waals surface area contributed by atoms with E-state index in [2.05, 4.69) is 0 Å². The number of hydrogen-bond acceptors (Lipinski definition) is 12. The number of carboxylic acids is 7. The van der Waals surface area contributed by atoms with Crippen LogP contribution in [0.4, 0.5) is 0 Å². The Morgan fingerprint density at radius 1 is 0.333 bits per heavy atom. The summed E-state index contributed by atoms with van der Waals surface area (Å²) in [5.74, 6) is -8.30. The summed E-state index contributed by atoms with van der Waals surface area (Å²) >= 11 is 0. The molecule has 0 aromatic rings. The van der Waals surface area contributed by atoms with E-state index in [-0.39, 0.29) is 45.9 Å². The lowest BCUT2D eigenvalue weighted by Crippen LogP contribution is -2.43. The number of aliphatic hydroxyl groups is 1. The largest absolute Gasteiger partial charge is 0.480 e. The number of rotatable bonds is 22. The summed E-state index contributed by atoms with van der Waals surface area (Å²) in [6.07, 6.45) is 0. The molecule has 0 aliphatic carbocycles. The number of carboxylic acid groups (broad SMARTS) is 7. The molecule has 224 valence electrons. The van der Waals surface area contributed by atoms with E-state index < -0.39 is 81.1 Å². The minimum Gasteiger partial charge on any atom is -0.480 e. The standard InChI is InChI=1S/C10H16N2O8.C10H18N2O7/c13-7(14)3-11(4-8(15)16)1-2-12(5-9(17)18)6-10(19)20;13-4-3-11(5-8(14)15)1-2-12(6-9(16)17)7-10(18)19/h1-6H2,(H,13,14)(H,15,16)(H,17,18)(H,19,20);13H,1-7H2,(H,14,15)(H,16,17)(H,18,19). The van der Waals surface area contributed by atoms with E-state index in [0.717, 1.165) is 9.80 Å². The maximum absolute atomic E-state index is 10.6. The molecular weight excluding hydrogens is 536 g/mol. The molecule has 0 radical (unpaired) electrons. The Morgan fingerprint density at radius 2 is 0.513 bits per heavy atom. The van der Waals surface area contributed by atoms with Gasteiger partial charge >= 0.3 is 41.8 Å². The number of hydrogen-bond donors (Lipinski definition) is 8. The van der Waals surface area contributed by atoms with Crippen molar-refractivity contribution >= 4 is 41.8 Å². The van der Waals surface area contributed by atoms with E-state index in [1.165, 1.54) is 9.80 Å². The van der Waals surface area contributed by atoms with Gasteiger partial charge in [0.1, 0.15) is 0 Å². The highest BCUT2D eigenvalue weighted by atomic mass is 16.4. The molecule has 0 aliphatic heterocycles. The third-order valence-corrected chi connectivity index (χ3v) is 4.39. The van der Waals surface area contributed by atoms with Crippen molar-refractivity contribution in [2.45, 2.75) is 0 Å². The first kappa shape index (κ1) is 37.2. The molecule has 0 amide bonds. The predicted molar refractivity (Wildman–Crippen MR) is 126 cm³/mol. The zero-order valence-electron chi connectivity index (χ0n) is 20.9. The second-order valence-electron chi connectivity index (χ2n) is 7.89. The lowest BCUT2D eigenvalue weighted by molar-refractivity contribution is -0.145. The normalized spacial score (nSPS) is 10.8. The van der Waals surface area contributed by atoms with Crippen molar-refractivity contribution in [3.63, 3.8) is 0 Å². The van der Waals surface area contributed by atoms with Gasteiger partial charge in [0.2, 0.25) is 0 Å². The van der Waals surface area contributed by atoms with Crippen molar-refractivity contribution < 1.29 is 74.4 Å². The maximum Gasteiger partial charge on any atom is 0.317 e. The van der Waals surface area contributed by atoms with Crippen molar-refractivity contribution in [1.29, 1.82) is 0 Å². The van der Waals surface area contributed by atoms with Crippen molar-refractivity contribution in [3.8, 4) is 0 Å². The fourth-order valence-corrected chi connectivity index (χ4v) is 2.96. The van der Waals surface area contributed by atoms with Gasteiger partial charge in [-0.1, -0.05) is 0 Å². The molecule has 0 fully saturated rings. The van der Waals surface area contributed by atoms with Crippen molar-refractivity contribution in [2.75, 3.05) is 85.1 Å². The molecule has 0 atom stereocenters. The molecule has 8 N–H and O–H groups in total. The molecule has 0 heterocycles. The minimum atomic E-state index is -1.23. The molecule has 0 saturated heterocycles. The molecule has 0 unspecified atom stereocenters. The van der Waals surface area contributed by atoms with Crippen molar-refractivity contribution in [1.82, 2.24) is 19.6 Å². The van der Waals surface area contributed by atoms with Gasteiger partial charge in [0, 0.05) is 32.7 Å². The summed E-state index contributed by atoms with van der Waals surface area (Å²) in [5, 5.41) is 69.1. The van der Waals surface area contributed by atoms with E-state index in [0.29, 0.717) is 0 Å². The Kier molecular flexibility index (Phi) is 20.1. The smallest absolute Gasteiger partial charge is 0.317 e. The maximum atomic E-state index is 10.6. The molecule has 0 aliphatic rings. The van der Waals surface area contributed by atoms with Crippen molar-refractivity contribution in [3.05, 3.63) is 0 Å². The summed E-state index contributed by atoms with van der Waals surface area (Å²) in [6.45, 7) is -3.28. The van der Waals surface area contributed by atoms with Gasteiger partial charge in [-0.15, -0.1) is 0 Å². The zero-order valence-corrected chi connectivity index (χ0v) is 20.9. The highest BCUT2D eigenvalue weighted by molar-refractivity contribution is 5.74. The average molecular weight is 571 g/mol. The third kappa shape index (κ3) is 25.5. The molecule has 0 rings (SSSR count). The lowest BCUT2D eigenvalue weighted by Gasteiger charge is -2.24. The highest BCUT2D eigenvalue weighted by Crippen LogP contribution is 1.95. The SMILES string of the molecule is O=C(O)CN(CCN(CC(=O)O)CC(=O)O)CC(=O)O.O=C(O)CN(CCO)CCN(CC(=O)O)CC(=O)O. The molecule has 19 heteroatoms. The molecule has 19 nitrogen and oxygen atoms in total.